The first kappa shape index (κ1) is 11.0. The normalized spacial score (nSPS) is 12.2. The van der Waals surface area contributed by atoms with Crippen LogP contribution in [-0.2, 0) is 4.79 Å². The van der Waals surface area contributed by atoms with Crippen molar-refractivity contribution in [2.75, 3.05) is 11.9 Å². The number of hydrogen-bond acceptors (Lipinski definition) is 3. The number of carbonyl (C=O) groups excluding carboxylic acids is 1. The van der Waals surface area contributed by atoms with Crippen molar-refractivity contribution in [2.45, 2.75) is 6.04 Å². The van der Waals surface area contributed by atoms with Gasteiger partial charge in [0.15, 0.2) is 0 Å². The van der Waals surface area contributed by atoms with E-state index in [0.717, 1.165) is 0 Å². The summed E-state index contributed by atoms with van der Waals surface area (Å²) in [6.07, 6.45) is 0. The summed E-state index contributed by atoms with van der Waals surface area (Å²) in [6, 6.07) is 6.09. The van der Waals surface area contributed by atoms with Crippen molar-refractivity contribution in [3.8, 4) is 0 Å². The Hall–Kier alpha value is -1.10. The highest BCUT2D eigenvalue weighted by Gasteiger charge is 2.10. The number of nitrogens with two attached hydrogens (primary N) is 2. The molecule has 1 rings (SSSR count). The van der Waals surface area contributed by atoms with Gasteiger partial charge in [-0.3, -0.25) is 4.79 Å². The Balaban J connectivity index is 2.60. The van der Waals surface area contributed by atoms with E-state index in [9.17, 15) is 4.79 Å². The van der Waals surface area contributed by atoms with Gasteiger partial charge in [0.1, 0.15) is 0 Å². The minimum Gasteiger partial charge on any atom is -0.328 e. The van der Waals surface area contributed by atoms with Crippen LogP contribution in [0.15, 0.2) is 24.3 Å². The summed E-state index contributed by atoms with van der Waals surface area (Å²) in [4.78, 5) is 11.3. The lowest BCUT2D eigenvalue weighted by Gasteiger charge is -2.09. The molecule has 1 amide bonds. The van der Waals surface area contributed by atoms with Gasteiger partial charge in [-0.25, -0.2) is 0 Å². The van der Waals surface area contributed by atoms with E-state index in [1.165, 1.54) is 0 Å². The molecule has 0 saturated heterocycles. The summed E-state index contributed by atoms with van der Waals surface area (Å²) in [5.41, 5.74) is 11.3. The molecular weight excluding hydrogens is 202 g/mol. The van der Waals surface area contributed by atoms with E-state index in [0.29, 0.717) is 10.7 Å². The van der Waals surface area contributed by atoms with Crippen LogP contribution in [-0.4, -0.2) is 18.5 Å². The van der Waals surface area contributed by atoms with Crippen molar-refractivity contribution in [2.24, 2.45) is 11.5 Å². The summed E-state index contributed by atoms with van der Waals surface area (Å²) in [7, 11) is 0. The van der Waals surface area contributed by atoms with Crippen LogP contribution in [0.2, 0.25) is 5.02 Å². The standard InChI is InChI=1S/C9H12ClN3O/c10-6-1-3-7(4-2-6)13-9(14)8(12)5-11/h1-4,8H,5,11-12H2,(H,13,14). The van der Waals surface area contributed by atoms with E-state index in [2.05, 4.69) is 5.32 Å². The Morgan fingerprint density at radius 3 is 2.50 bits per heavy atom. The number of amides is 1. The maximum absolute atomic E-state index is 11.3. The molecule has 14 heavy (non-hydrogen) atoms. The highest BCUT2D eigenvalue weighted by Crippen LogP contribution is 2.13. The second-order valence-corrected chi connectivity index (χ2v) is 3.27. The molecule has 0 aliphatic rings. The molecule has 0 spiro atoms. The average Bonchev–Trinajstić information content (AvgIpc) is 2.20. The Morgan fingerprint density at radius 2 is 2.00 bits per heavy atom. The van der Waals surface area contributed by atoms with Crippen LogP contribution >= 0.6 is 11.6 Å². The topological polar surface area (TPSA) is 81.1 Å². The van der Waals surface area contributed by atoms with Crippen LogP contribution in [0.25, 0.3) is 0 Å². The molecule has 1 aromatic carbocycles. The van der Waals surface area contributed by atoms with Gasteiger partial charge in [-0.15, -0.1) is 0 Å². The maximum Gasteiger partial charge on any atom is 0.242 e. The van der Waals surface area contributed by atoms with Crippen molar-refractivity contribution in [3.63, 3.8) is 0 Å². The molecule has 1 atom stereocenters. The SMILES string of the molecule is NCC(N)C(=O)Nc1ccc(Cl)cc1. The first-order valence-electron chi connectivity index (χ1n) is 4.15. The molecule has 5 N–H and O–H groups in total. The average molecular weight is 214 g/mol. The van der Waals surface area contributed by atoms with E-state index in [4.69, 9.17) is 23.1 Å². The third-order valence-electron chi connectivity index (χ3n) is 1.70. The summed E-state index contributed by atoms with van der Waals surface area (Å²) < 4.78 is 0. The zero-order valence-electron chi connectivity index (χ0n) is 7.53. The lowest BCUT2D eigenvalue weighted by molar-refractivity contribution is -0.117. The Labute approximate surface area is 87.2 Å². The lowest BCUT2D eigenvalue weighted by atomic mass is 10.2. The number of benzene rings is 1. The highest BCUT2D eigenvalue weighted by molar-refractivity contribution is 6.30. The second kappa shape index (κ2) is 4.95. The Bertz CT molecular complexity index is 312. The molecule has 5 heteroatoms. The van der Waals surface area contributed by atoms with Gasteiger partial charge in [-0.1, -0.05) is 11.6 Å². The molecule has 0 fully saturated rings. The van der Waals surface area contributed by atoms with Crippen LogP contribution < -0.4 is 16.8 Å². The van der Waals surface area contributed by atoms with Crippen LogP contribution in [0.3, 0.4) is 0 Å². The minimum absolute atomic E-state index is 0.124. The minimum atomic E-state index is -0.675. The van der Waals surface area contributed by atoms with Gasteiger partial charge >= 0.3 is 0 Å². The number of nitrogens with one attached hydrogen (secondary N) is 1. The molecule has 0 aliphatic heterocycles. The zero-order chi connectivity index (χ0) is 10.6. The first-order valence-corrected chi connectivity index (χ1v) is 4.53. The second-order valence-electron chi connectivity index (χ2n) is 2.84. The molecule has 76 valence electrons. The Kier molecular flexibility index (Phi) is 3.88. The smallest absolute Gasteiger partial charge is 0.242 e. The first-order chi connectivity index (χ1) is 6.63. The van der Waals surface area contributed by atoms with Gasteiger partial charge in [-0.05, 0) is 24.3 Å². The predicted octanol–water partition coefficient (Wildman–Crippen LogP) is 0.565. The molecule has 0 saturated carbocycles. The quantitative estimate of drug-likeness (QED) is 0.687. The van der Waals surface area contributed by atoms with Crippen molar-refractivity contribution < 1.29 is 4.79 Å². The fraction of sp³-hybridized carbons (Fsp3) is 0.222. The van der Waals surface area contributed by atoms with Gasteiger partial charge in [0.2, 0.25) is 5.91 Å². The van der Waals surface area contributed by atoms with Gasteiger partial charge in [-0.2, -0.15) is 0 Å². The monoisotopic (exact) mass is 213 g/mol. The van der Waals surface area contributed by atoms with E-state index < -0.39 is 6.04 Å². The zero-order valence-corrected chi connectivity index (χ0v) is 8.29. The number of rotatable bonds is 3. The van der Waals surface area contributed by atoms with Crippen LogP contribution in [0.4, 0.5) is 5.69 Å². The number of anilines is 1. The molecule has 4 nitrogen and oxygen atoms in total. The van der Waals surface area contributed by atoms with Crippen LogP contribution in [0.1, 0.15) is 0 Å². The number of halogens is 1. The third-order valence-corrected chi connectivity index (χ3v) is 1.95. The van der Waals surface area contributed by atoms with Crippen LogP contribution in [0, 0.1) is 0 Å². The molecule has 1 unspecified atom stereocenters. The molecule has 1 aromatic rings. The molecule has 0 bridgehead atoms. The van der Waals surface area contributed by atoms with E-state index in [-0.39, 0.29) is 12.5 Å². The molecule has 0 radical (unpaired) electrons. The fourth-order valence-corrected chi connectivity index (χ4v) is 1.00. The van der Waals surface area contributed by atoms with E-state index >= 15 is 0 Å². The number of carbonyl (C=O) groups is 1. The van der Waals surface area contributed by atoms with E-state index in [1.807, 2.05) is 0 Å². The Morgan fingerprint density at radius 1 is 1.43 bits per heavy atom. The van der Waals surface area contributed by atoms with Crippen molar-refractivity contribution in [3.05, 3.63) is 29.3 Å². The van der Waals surface area contributed by atoms with Gasteiger partial charge in [0, 0.05) is 17.3 Å². The van der Waals surface area contributed by atoms with Gasteiger partial charge in [0.05, 0.1) is 6.04 Å². The van der Waals surface area contributed by atoms with Crippen molar-refractivity contribution in [1.82, 2.24) is 0 Å². The van der Waals surface area contributed by atoms with Crippen molar-refractivity contribution >= 4 is 23.2 Å². The molecule has 0 aromatic heterocycles. The van der Waals surface area contributed by atoms with E-state index in [1.54, 1.807) is 24.3 Å². The molecule has 0 aliphatic carbocycles. The molecule has 0 heterocycles. The fourth-order valence-electron chi connectivity index (χ4n) is 0.875. The molecular formula is C9H12ClN3O. The predicted molar refractivity (Wildman–Crippen MR) is 57.1 cm³/mol. The summed E-state index contributed by atoms with van der Waals surface area (Å²) in [5, 5.41) is 3.23. The van der Waals surface area contributed by atoms with Crippen LogP contribution in [0.5, 0.6) is 0 Å². The van der Waals surface area contributed by atoms with Gasteiger partial charge < -0.3 is 16.8 Å². The highest BCUT2D eigenvalue weighted by atomic mass is 35.5. The summed E-state index contributed by atoms with van der Waals surface area (Å²) in [6.45, 7) is 0.124. The maximum atomic E-state index is 11.3. The van der Waals surface area contributed by atoms with Gasteiger partial charge in [0.25, 0.3) is 0 Å². The third kappa shape index (κ3) is 2.99. The largest absolute Gasteiger partial charge is 0.328 e. The summed E-state index contributed by atoms with van der Waals surface area (Å²) in [5.74, 6) is -0.296. The lowest BCUT2D eigenvalue weighted by Crippen LogP contribution is -2.41. The number of hydrogen-bond donors (Lipinski definition) is 3. The van der Waals surface area contributed by atoms with Crippen molar-refractivity contribution in [1.29, 1.82) is 0 Å². The summed E-state index contributed by atoms with van der Waals surface area (Å²) >= 11 is 5.68.